The van der Waals surface area contributed by atoms with E-state index in [1.807, 2.05) is 0 Å². The quantitative estimate of drug-likeness (QED) is 0.116. The third-order valence-electron chi connectivity index (χ3n) is 5.00. The molecule has 33 heavy (non-hydrogen) atoms. The lowest BCUT2D eigenvalue weighted by atomic mass is 10.4. The molecule has 0 aliphatic carbocycles. The van der Waals surface area contributed by atoms with E-state index < -0.39 is 11.1 Å². The number of hydrogen-bond acceptors (Lipinski definition) is 6. The molecule has 0 aliphatic rings. The fourth-order valence-corrected chi connectivity index (χ4v) is 5.81. The molecule has 0 radical (unpaired) electrons. The molecule has 0 fully saturated rings. The van der Waals surface area contributed by atoms with Crippen LogP contribution in [0.2, 0.25) is 0 Å². The molecule has 0 N–H and O–H groups in total. The molecule has 0 spiro atoms. The van der Waals surface area contributed by atoms with Gasteiger partial charge in [0.2, 0.25) is 0 Å². The Balaban J connectivity index is 4.96. The van der Waals surface area contributed by atoms with Gasteiger partial charge in [0.15, 0.2) is 11.1 Å². The first kappa shape index (κ1) is 33.6. The van der Waals surface area contributed by atoms with Crippen molar-refractivity contribution in [2.24, 2.45) is 0 Å². The van der Waals surface area contributed by atoms with Crippen molar-refractivity contribution in [1.29, 1.82) is 0 Å². The monoisotopic (exact) mass is 511 g/mol. The van der Waals surface area contributed by atoms with Crippen LogP contribution in [0.25, 0.3) is 0 Å². The van der Waals surface area contributed by atoms with E-state index >= 15 is 0 Å². The van der Waals surface area contributed by atoms with E-state index in [9.17, 15) is 0 Å². The van der Waals surface area contributed by atoms with Gasteiger partial charge in [-0.2, -0.15) is 0 Å². The minimum Gasteiger partial charge on any atom is -0.361 e. The molecule has 200 valence electrons. The summed E-state index contributed by atoms with van der Waals surface area (Å²) in [5.74, 6) is 0. The third kappa shape index (κ3) is 16.8. The minimum absolute atomic E-state index is 0.0679. The largest absolute Gasteiger partial charge is 0.361 e. The first-order valence-corrected chi connectivity index (χ1v) is 15.5. The van der Waals surface area contributed by atoms with Crippen molar-refractivity contribution in [2.75, 3.05) is 51.8 Å². The summed E-state index contributed by atoms with van der Waals surface area (Å²) in [6.45, 7) is 24.0. The van der Waals surface area contributed by atoms with Crippen molar-refractivity contribution in [1.82, 2.24) is 4.90 Å². The summed E-state index contributed by atoms with van der Waals surface area (Å²) < 4.78 is 30.5. The predicted molar refractivity (Wildman–Crippen MR) is 145 cm³/mol. The van der Waals surface area contributed by atoms with Crippen LogP contribution >= 0.6 is 17.2 Å². The minimum atomic E-state index is -0.484. The molecule has 0 bridgehead atoms. The van der Waals surface area contributed by atoms with Gasteiger partial charge in [-0.3, -0.25) is 4.90 Å². The average molecular weight is 512 g/mol. The van der Waals surface area contributed by atoms with Crippen LogP contribution in [0, 0.1) is 0 Å². The molecular weight excluding hydrogens is 456 g/mol. The van der Waals surface area contributed by atoms with E-state index in [-0.39, 0.29) is 12.3 Å². The number of ether oxygens (including phenoxy) is 5. The van der Waals surface area contributed by atoms with Crippen LogP contribution in [-0.2, 0) is 23.7 Å². The summed E-state index contributed by atoms with van der Waals surface area (Å²) in [6, 6.07) is 0. The lowest BCUT2D eigenvalue weighted by Crippen LogP contribution is -2.41. The maximum Gasteiger partial charge on any atom is 0.180 e. The van der Waals surface area contributed by atoms with E-state index in [2.05, 4.69) is 67.2 Å². The summed E-state index contributed by atoms with van der Waals surface area (Å²) in [7, 11) is 1.17. The standard InChI is InChI=1S/C25H55NO5P2/c1-10-16-27-24(8,28-17-11-2)32-20-14-26(23(7)31-22(5)6)15-21-33-25(9,29-18-12-3)30-19-13-4/h22-23,32-33H,10-21H2,1-9H3. The molecule has 0 aromatic heterocycles. The predicted octanol–water partition coefficient (Wildman–Crippen LogP) is 6.47. The first-order valence-electron chi connectivity index (χ1n) is 13.1. The molecule has 3 unspecified atom stereocenters. The molecule has 0 aliphatic heterocycles. The van der Waals surface area contributed by atoms with Crippen molar-refractivity contribution in [2.45, 2.75) is 111 Å². The van der Waals surface area contributed by atoms with Gasteiger partial charge in [0, 0.05) is 13.1 Å². The highest BCUT2D eigenvalue weighted by Crippen LogP contribution is 2.36. The molecule has 0 saturated heterocycles. The number of hydrogen-bond donors (Lipinski definition) is 0. The molecule has 8 heteroatoms. The highest BCUT2D eigenvalue weighted by atomic mass is 31.1. The Morgan fingerprint density at radius 1 is 0.636 bits per heavy atom. The Bertz CT molecular complexity index is 409. The van der Waals surface area contributed by atoms with Gasteiger partial charge >= 0.3 is 0 Å². The summed E-state index contributed by atoms with van der Waals surface area (Å²) >= 11 is 0. The maximum absolute atomic E-state index is 6.14. The molecule has 0 heterocycles. The molecule has 0 aromatic rings. The van der Waals surface area contributed by atoms with Gasteiger partial charge in [-0.15, -0.1) is 0 Å². The highest BCUT2D eigenvalue weighted by molar-refractivity contribution is 7.39. The summed E-state index contributed by atoms with van der Waals surface area (Å²) in [6.07, 6.45) is 6.32. The molecule has 0 rings (SSSR count). The lowest BCUT2D eigenvalue weighted by molar-refractivity contribution is -0.162. The Labute approximate surface area is 209 Å². The fourth-order valence-electron chi connectivity index (χ4n) is 3.28. The fraction of sp³-hybridized carbons (Fsp3) is 1.00. The van der Waals surface area contributed by atoms with Crippen LogP contribution in [0.15, 0.2) is 0 Å². The first-order chi connectivity index (χ1) is 15.6. The van der Waals surface area contributed by atoms with Crippen LogP contribution in [-0.4, -0.2) is 80.1 Å². The summed E-state index contributed by atoms with van der Waals surface area (Å²) in [5, 5.41) is 0. The van der Waals surface area contributed by atoms with Crippen molar-refractivity contribution < 1.29 is 23.7 Å². The van der Waals surface area contributed by atoms with Crippen molar-refractivity contribution >= 4 is 17.2 Å². The van der Waals surface area contributed by atoms with Crippen LogP contribution in [0.5, 0.6) is 0 Å². The van der Waals surface area contributed by atoms with Gasteiger partial charge in [-0.05, 0) is 72.6 Å². The molecular formula is C25H55NO5P2. The Morgan fingerprint density at radius 2 is 0.970 bits per heavy atom. The molecule has 0 saturated carbocycles. The van der Waals surface area contributed by atoms with E-state index in [0.29, 0.717) is 17.2 Å². The molecule has 6 nitrogen and oxygen atoms in total. The second-order valence-corrected chi connectivity index (χ2v) is 12.5. The van der Waals surface area contributed by atoms with E-state index in [1.54, 1.807) is 0 Å². The zero-order valence-corrected chi connectivity index (χ0v) is 25.1. The van der Waals surface area contributed by atoms with Crippen molar-refractivity contribution in [3.05, 3.63) is 0 Å². The average Bonchev–Trinajstić information content (AvgIpc) is 2.77. The molecule has 3 atom stereocenters. The molecule has 0 aromatic carbocycles. The molecule has 0 amide bonds. The zero-order valence-electron chi connectivity index (χ0n) is 23.1. The van der Waals surface area contributed by atoms with Crippen LogP contribution < -0.4 is 0 Å². The Morgan fingerprint density at radius 3 is 1.24 bits per heavy atom. The topological polar surface area (TPSA) is 49.4 Å². The number of rotatable bonds is 23. The van der Waals surface area contributed by atoms with E-state index in [1.165, 1.54) is 0 Å². The summed E-state index contributed by atoms with van der Waals surface area (Å²) in [4.78, 5) is 2.44. The van der Waals surface area contributed by atoms with Gasteiger partial charge < -0.3 is 23.7 Å². The van der Waals surface area contributed by atoms with Crippen LogP contribution in [0.4, 0.5) is 0 Å². The van der Waals surface area contributed by atoms with E-state index in [4.69, 9.17) is 23.7 Å². The van der Waals surface area contributed by atoms with Crippen LogP contribution in [0.3, 0.4) is 0 Å². The third-order valence-corrected chi connectivity index (χ3v) is 7.81. The normalized spacial score (nSPS) is 14.6. The highest BCUT2D eigenvalue weighted by Gasteiger charge is 2.28. The Hall–Kier alpha value is 0.620. The maximum atomic E-state index is 6.14. The van der Waals surface area contributed by atoms with Crippen molar-refractivity contribution in [3.63, 3.8) is 0 Å². The van der Waals surface area contributed by atoms with Gasteiger partial charge in [0.25, 0.3) is 0 Å². The van der Waals surface area contributed by atoms with Gasteiger partial charge in [0.05, 0.1) is 32.5 Å². The van der Waals surface area contributed by atoms with Crippen molar-refractivity contribution in [3.8, 4) is 0 Å². The second-order valence-electron chi connectivity index (χ2n) is 8.96. The zero-order chi connectivity index (χ0) is 25.2. The van der Waals surface area contributed by atoms with Gasteiger partial charge in [-0.1, -0.05) is 44.9 Å². The van der Waals surface area contributed by atoms with E-state index in [0.717, 1.165) is 77.5 Å². The summed E-state index contributed by atoms with van der Waals surface area (Å²) in [5.41, 5.74) is -0.968. The smallest absolute Gasteiger partial charge is 0.180 e. The SMILES string of the molecule is CCCOC(C)(OCCC)PCCN(CCPC(C)(OCCC)OCCC)C(C)OC(C)C. The lowest BCUT2D eigenvalue weighted by Gasteiger charge is -2.35. The number of nitrogens with zero attached hydrogens (tertiary/aromatic N) is 1. The Kier molecular flexibility index (Phi) is 20.1. The van der Waals surface area contributed by atoms with Gasteiger partial charge in [-0.25, -0.2) is 0 Å². The van der Waals surface area contributed by atoms with Gasteiger partial charge in [0.1, 0.15) is 6.23 Å². The van der Waals surface area contributed by atoms with Crippen LogP contribution in [0.1, 0.15) is 88.0 Å². The second kappa shape index (κ2) is 19.8.